The number of ketones is 1. The van der Waals surface area contributed by atoms with Crippen LogP contribution in [-0.2, 0) is 0 Å². The number of carbonyl (C=O) groups excluding carboxylic acids is 1. The highest BCUT2D eigenvalue weighted by atomic mass is 16.1. The smallest absolute Gasteiger partial charge is 0.170 e. The summed E-state index contributed by atoms with van der Waals surface area (Å²) in [5.74, 6) is 0.112. The fraction of sp³-hybridized carbons (Fsp3) is 0.136. The van der Waals surface area contributed by atoms with Gasteiger partial charge < -0.3 is 0 Å². The molecular formula is C22H20O. The largest absolute Gasteiger partial charge is 0.293 e. The van der Waals surface area contributed by atoms with Crippen molar-refractivity contribution in [2.24, 2.45) is 0 Å². The van der Waals surface area contributed by atoms with Crippen LogP contribution in [0.4, 0.5) is 0 Å². The topological polar surface area (TPSA) is 17.1 Å². The normalized spacial score (nSPS) is 13.3. The predicted molar refractivity (Wildman–Crippen MR) is 94.8 cm³/mol. The summed E-state index contributed by atoms with van der Waals surface area (Å²) in [6, 6.07) is 29.9. The van der Waals surface area contributed by atoms with Gasteiger partial charge in [-0.1, -0.05) is 97.9 Å². The van der Waals surface area contributed by atoms with Crippen LogP contribution in [0.15, 0.2) is 91.0 Å². The van der Waals surface area contributed by atoms with Gasteiger partial charge in [0.2, 0.25) is 0 Å². The molecule has 23 heavy (non-hydrogen) atoms. The first-order valence-corrected chi connectivity index (χ1v) is 7.96. The molecule has 0 N–H and O–H groups in total. The van der Waals surface area contributed by atoms with E-state index in [0.29, 0.717) is 0 Å². The molecule has 0 spiro atoms. The summed E-state index contributed by atoms with van der Waals surface area (Å²) in [7, 11) is 0. The van der Waals surface area contributed by atoms with E-state index in [0.717, 1.165) is 11.1 Å². The van der Waals surface area contributed by atoms with Crippen LogP contribution in [-0.4, -0.2) is 5.78 Å². The first kappa shape index (κ1) is 15.2. The van der Waals surface area contributed by atoms with Crippen LogP contribution in [0.2, 0.25) is 0 Å². The van der Waals surface area contributed by atoms with E-state index in [-0.39, 0.29) is 17.6 Å². The van der Waals surface area contributed by atoms with Crippen molar-refractivity contribution >= 4 is 5.78 Å². The maximum atomic E-state index is 13.2. The van der Waals surface area contributed by atoms with Crippen LogP contribution in [0.3, 0.4) is 0 Å². The molecule has 0 bridgehead atoms. The van der Waals surface area contributed by atoms with Gasteiger partial charge in [0.15, 0.2) is 5.78 Å². The van der Waals surface area contributed by atoms with Crippen molar-refractivity contribution in [1.29, 1.82) is 0 Å². The second-order valence-corrected chi connectivity index (χ2v) is 5.82. The first-order chi connectivity index (χ1) is 11.3. The minimum Gasteiger partial charge on any atom is -0.293 e. The Balaban J connectivity index is 2.03. The molecule has 3 rings (SSSR count). The molecule has 1 heteroatoms. The number of Topliss-reactive ketones (excluding diaryl/α,β-unsaturated/α-hetero) is 1. The van der Waals surface area contributed by atoms with E-state index in [9.17, 15) is 4.79 Å². The zero-order valence-electron chi connectivity index (χ0n) is 13.2. The molecule has 0 amide bonds. The summed E-state index contributed by atoms with van der Waals surface area (Å²) in [6.45, 7) is 2.13. The van der Waals surface area contributed by atoms with Gasteiger partial charge in [0.25, 0.3) is 0 Å². The number of hydrogen-bond donors (Lipinski definition) is 0. The van der Waals surface area contributed by atoms with Gasteiger partial charge in [-0.2, -0.15) is 0 Å². The fourth-order valence-corrected chi connectivity index (χ4v) is 3.06. The monoisotopic (exact) mass is 300 g/mol. The Kier molecular flexibility index (Phi) is 4.68. The SMILES string of the molecule is CC(c1ccccc1)C(C(=O)c1ccccc1)c1ccccc1. The summed E-state index contributed by atoms with van der Waals surface area (Å²) >= 11 is 0. The quantitative estimate of drug-likeness (QED) is 0.572. The molecule has 2 unspecified atom stereocenters. The van der Waals surface area contributed by atoms with Gasteiger partial charge in [-0.05, 0) is 17.0 Å². The zero-order valence-corrected chi connectivity index (χ0v) is 13.2. The lowest BCUT2D eigenvalue weighted by atomic mass is 9.78. The Morgan fingerprint density at radius 3 is 1.61 bits per heavy atom. The highest BCUT2D eigenvalue weighted by molar-refractivity contribution is 6.01. The van der Waals surface area contributed by atoms with Crippen LogP contribution in [0, 0.1) is 0 Å². The molecule has 0 aliphatic carbocycles. The minimum atomic E-state index is -0.180. The van der Waals surface area contributed by atoms with Crippen LogP contribution in [0.25, 0.3) is 0 Å². The summed E-state index contributed by atoms with van der Waals surface area (Å²) in [5, 5.41) is 0. The molecule has 2 atom stereocenters. The molecule has 1 nitrogen and oxygen atoms in total. The third kappa shape index (κ3) is 3.40. The molecular weight excluding hydrogens is 280 g/mol. The van der Waals surface area contributed by atoms with Gasteiger partial charge in [-0.15, -0.1) is 0 Å². The van der Waals surface area contributed by atoms with Crippen molar-refractivity contribution in [3.8, 4) is 0 Å². The third-order valence-corrected chi connectivity index (χ3v) is 4.32. The Morgan fingerprint density at radius 1 is 0.652 bits per heavy atom. The summed E-state index contributed by atoms with van der Waals surface area (Å²) in [5.41, 5.74) is 3.02. The summed E-state index contributed by atoms with van der Waals surface area (Å²) in [4.78, 5) is 13.2. The second-order valence-electron chi connectivity index (χ2n) is 5.82. The molecule has 0 aliphatic heterocycles. The number of benzene rings is 3. The first-order valence-electron chi connectivity index (χ1n) is 7.96. The number of hydrogen-bond acceptors (Lipinski definition) is 1. The third-order valence-electron chi connectivity index (χ3n) is 4.32. The average molecular weight is 300 g/mol. The van der Waals surface area contributed by atoms with Crippen molar-refractivity contribution in [2.45, 2.75) is 18.8 Å². The molecule has 0 saturated carbocycles. The molecule has 0 saturated heterocycles. The van der Waals surface area contributed by atoms with E-state index in [2.05, 4.69) is 19.1 Å². The highest BCUT2D eigenvalue weighted by Crippen LogP contribution is 2.35. The molecule has 0 radical (unpaired) electrons. The molecule has 3 aromatic rings. The van der Waals surface area contributed by atoms with E-state index >= 15 is 0 Å². The molecule has 0 fully saturated rings. The zero-order chi connectivity index (χ0) is 16.1. The Hall–Kier alpha value is -2.67. The van der Waals surface area contributed by atoms with E-state index in [1.54, 1.807) is 0 Å². The highest BCUT2D eigenvalue weighted by Gasteiger charge is 2.28. The summed E-state index contributed by atoms with van der Waals surface area (Å²) in [6.07, 6.45) is 0. The molecule has 0 aliphatic rings. The molecule has 114 valence electrons. The van der Waals surface area contributed by atoms with Gasteiger partial charge in [0, 0.05) is 5.56 Å². The minimum absolute atomic E-state index is 0.117. The lowest BCUT2D eigenvalue weighted by Crippen LogP contribution is -2.19. The Bertz CT molecular complexity index is 748. The standard InChI is InChI=1S/C22H20O/c1-17(18-11-5-2-6-12-18)21(19-13-7-3-8-14-19)22(23)20-15-9-4-10-16-20/h2-17,21H,1H3. The van der Waals surface area contributed by atoms with E-state index in [1.165, 1.54) is 5.56 Å². The molecule has 3 aromatic carbocycles. The van der Waals surface area contributed by atoms with Crippen molar-refractivity contribution in [1.82, 2.24) is 0 Å². The fourth-order valence-electron chi connectivity index (χ4n) is 3.06. The van der Waals surface area contributed by atoms with Crippen LogP contribution >= 0.6 is 0 Å². The van der Waals surface area contributed by atoms with E-state index < -0.39 is 0 Å². The van der Waals surface area contributed by atoms with Crippen molar-refractivity contribution in [3.63, 3.8) is 0 Å². The molecule has 0 aromatic heterocycles. The predicted octanol–water partition coefficient (Wildman–Crippen LogP) is 5.46. The van der Waals surface area contributed by atoms with Crippen molar-refractivity contribution in [3.05, 3.63) is 108 Å². The van der Waals surface area contributed by atoms with Gasteiger partial charge in [-0.25, -0.2) is 0 Å². The van der Waals surface area contributed by atoms with Gasteiger partial charge in [0.05, 0.1) is 5.92 Å². The maximum Gasteiger partial charge on any atom is 0.170 e. The molecule has 0 heterocycles. The average Bonchev–Trinajstić information content (AvgIpc) is 2.64. The van der Waals surface area contributed by atoms with Crippen molar-refractivity contribution in [2.75, 3.05) is 0 Å². The number of rotatable bonds is 5. The lowest BCUT2D eigenvalue weighted by Gasteiger charge is -2.24. The maximum absolute atomic E-state index is 13.2. The van der Waals surface area contributed by atoms with Crippen molar-refractivity contribution < 1.29 is 4.79 Å². The summed E-state index contributed by atoms with van der Waals surface area (Å²) < 4.78 is 0. The van der Waals surface area contributed by atoms with E-state index in [1.807, 2.05) is 78.9 Å². The Morgan fingerprint density at radius 2 is 1.09 bits per heavy atom. The van der Waals surface area contributed by atoms with Crippen LogP contribution in [0.1, 0.15) is 40.2 Å². The van der Waals surface area contributed by atoms with Gasteiger partial charge in [-0.3, -0.25) is 4.79 Å². The van der Waals surface area contributed by atoms with E-state index in [4.69, 9.17) is 0 Å². The van der Waals surface area contributed by atoms with Gasteiger partial charge in [0.1, 0.15) is 0 Å². The Labute approximate surface area is 137 Å². The lowest BCUT2D eigenvalue weighted by molar-refractivity contribution is 0.0949. The van der Waals surface area contributed by atoms with Gasteiger partial charge >= 0.3 is 0 Å². The van der Waals surface area contributed by atoms with Crippen LogP contribution in [0.5, 0.6) is 0 Å². The van der Waals surface area contributed by atoms with Crippen LogP contribution < -0.4 is 0 Å². The second kappa shape index (κ2) is 7.06. The number of carbonyl (C=O) groups is 1.